The molecule has 0 aliphatic heterocycles. The Morgan fingerprint density at radius 3 is 2.68 bits per heavy atom. The van der Waals surface area contributed by atoms with Crippen LogP contribution in [0.2, 0.25) is 4.47 Å². The van der Waals surface area contributed by atoms with E-state index in [-0.39, 0.29) is 17.5 Å². The number of alkyl carbamates (subject to hydrolysis) is 1. The van der Waals surface area contributed by atoms with Crippen LogP contribution in [0.25, 0.3) is 0 Å². The standard InChI is InChI=1S/C14H13ClN2O4S/c15-13-16-7-11(22-13)10(6-12(18)19)17-14(20)21-8-9-4-2-1-3-5-9/h1-5,7,10H,6,8H2,(H,17,20)(H,18,19)/t10-/m0/s1. The van der Waals surface area contributed by atoms with Crippen molar-refractivity contribution < 1.29 is 19.4 Å². The van der Waals surface area contributed by atoms with Crippen molar-refractivity contribution in [2.75, 3.05) is 0 Å². The van der Waals surface area contributed by atoms with Crippen LogP contribution in [0.15, 0.2) is 36.5 Å². The van der Waals surface area contributed by atoms with E-state index >= 15 is 0 Å². The number of amides is 1. The first-order valence-electron chi connectivity index (χ1n) is 6.35. The van der Waals surface area contributed by atoms with Crippen molar-refractivity contribution in [2.45, 2.75) is 19.1 Å². The topological polar surface area (TPSA) is 88.5 Å². The summed E-state index contributed by atoms with van der Waals surface area (Å²) in [6.45, 7) is 0.107. The SMILES string of the molecule is O=C(O)C[C@H](NC(=O)OCc1ccccc1)c1cnc(Cl)s1. The van der Waals surface area contributed by atoms with Crippen LogP contribution in [-0.4, -0.2) is 22.2 Å². The van der Waals surface area contributed by atoms with E-state index in [2.05, 4.69) is 10.3 Å². The van der Waals surface area contributed by atoms with E-state index in [1.807, 2.05) is 30.3 Å². The van der Waals surface area contributed by atoms with Gasteiger partial charge in [0.25, 0.3) is 0 Å². The number of rotatable bonds is 6. The number of carbonyl (C=O) groups excluding carboxylic acids is 1. The summed E-state index contributed by atoms with van der Waals surface area (Å²) in [5.41, 5.74) is 0.841. The van der Waals surface area contributed by atoms with Gasteiger partial charge < -0.3 is 15.2 Å². The lowest BCUT2D eigenvalue weighted by Gasteiger charge is -2.15. The first kappa shape index (κ1) is 16.3. The van der Waals surface area contributed by atoms with Crippen LogP contribution in [-0.2, 0) is 16.1 Å². The fourth-order valence-corrected chi connectivity index (χ4v) is 2.74. The van der Waals surface area contributed by atoms with Gasteiger partial charge in [0, 0.05) is 11.1 Å². The Labute approximate surface area is 135 Å². The fraction of sp³-hybridized carbons (Fsp3) is 0.214. The van der Waals surface area contributed by atoms with Crippen LogP contribution in [0, 0.1) is 0 Å². The smallest absolute Gasteiger partial charge is 0.407 e. The van der Waals surface area contributed by atoms with Gasteiger partial charge in [0.15, 0.2) is 4.47 Å². The van der Waals surface area contributed by atoms with Crippen LogP contribution >= 0.6 is 22.9 Å². The number of carbonyl (C=O) groups is 2. The summed E-state index contributed by atoms with van der Waals surface area (Å²) < 4.78 is 5.36. The third-order valence-electron chi connectivity index (χ3n) is 2.72. The molecule has 1 aromatic heterocycles. The predicted molar refractivity (Wildman–Crippen MR) is 81.9 cm³/mol. The molecule has 0 spiro atoms. The number of carboxylic acid groups (broad SMARTS) is 1. The molecule has 1 atom stereocenters. The molecule has 0 aliphatic rings. The Hall–Kier alpha value is -2.12. The number of aliphatic carboxylic acids is 1. The van der Waals surface area contributed by atoms with Gasteiger partial charge in [-0.3, -0.25) is 4.79 Å². The van der Waals surface area contributed by atoms with Crippen LogP contribution < -0.4 is 5.32 Å². The maximum Gasteiger partial charge on any atom is 0.407 e. The maximum absolute atomic E-state index is 11.8. The third kappa shape index (κ3) is 5.01. The van der Waals surface area contributed by atoms with Gasteiger partial charge in [-0.05, 0) is 5.56 Å². The molecule has 0 saturated heterocycles. The van der Waals surface area contributed by atoms with Crippen molar-refractivity contribution in [3.05, 3.63) is 51.4 Å². The summed E-state index contributed by atoms with van der Waals surface area (Å²) >= 11 is 6.85. The average Bonchev–Trinajstić information content (AvgIpc) is 2.92. The molecule has 1 heterocycles. The predicted octanol–water partition coefficient (Wildman–Crippen LogP) is 3.24. The maximum atomic E-state index is 11.8. The van der Waals surface area contributed by atoms with Crippen molar-refractivity contribution in [3.8, 4) is 0 Å². The molecule has 0 unspecified atom stereocenters. The minimum atomic E-state index is -1.04. The van der Waals surface area contributed by atoms with E-state index in [0.29, 0.717) is 4.88 Å². The molecule has 2 N–H and O–H groups in total. The van der Waals surface area contributed by atoms with Crippen molar-refractivity contribution >= 4 is 35.0 Å². The zero-order valence-electron chi connectivity index (χ0n) is 11.4. The van der Waals surface area contributed by atoms with E-state index in [0.717, 1.165) is 16.9 Å². The number of thiazole rings is 1. The number of nitrogens with one attached hydrogen (secondary N) is 1. The van der Waals surface area contributed by atoms with Gasteiger partial charge in [0.1, 0.15) is 6.61 Å². The molecular weight excluding hydrogens is 328 g/mol. The van der Waals surface area contributed by atoms with Gasteiger partial charge in [-0.2, -0.15) is 0 Å². The van der Waals surface area contributed by atoms with E-state index in [4.69, 9.17) is 21.4 Å². The molecule has 8 heteroatoms. The number of ether oxygens (including phenoxy) is 1. The number of hydrogen-bond acceptors (Lipinski definition) is 5. The molecule has 1 amide bonds. The highest BCUT2D eigenvalue weighted by Crippen LogP contribution is 2.26. The summed E-state index contributed by atoms with van der Waals surface area (Å²) in [5, 5.41) is 11.4. The Bertz CT molecular complexity index is 647. The molecule has 116 valence electrons. The van der Waals surface area contributed by atoms with E-state index in [1.54, 1.807) is 0 Å². The van der Waals surface area contributed by atoms with Gasteiger partial charge >= 0.3 is 12.1 Å². The lowest BCUT2D eigenvalue weighted by Crippen LogP contribution is -2.30. The highest BCUT2D eigenvalue weighted by atomic mass is 35.5. The summed E-state index contributed by atoms with van der Waals surface area (Å²) in [5.74, 6) is -1.04. The molecule has 22 heavy (non-hydrogen) atoms. The lowest BCUT2D eigenvalue weighted by molar-refractivity contribution is -0.137. The highest BCUT2D eigenvalue weighted by molar-refractivity contribution is 7.15. The first-order chi connectivity index (χ1) is 10.5. The van der Waals surface area contributed by atoms with Crippen LogP contribution in [0.4, 0.5) is 4.79 Å². The van der Waals surface area contributed by atoms with Crippen LogP contribution in [0.5, 0.6) is 0 Å². The van der Waals surface area contributed by atoms with Gasteiger partial charge in [0.05, 0.1) is 12.5 Å². The highest BCUT2D eigenvalue weighted by Gasteiger charge is 2.21. The zero-order chi connectivity index (χ0) is 15.9. The van der Waals surface area contributed by atoms with Crippen LogP contribution in [0.1, 0.15) is 22.9 Å². The minimum absolute atomic E-state index is 0.107. The molecule has 6 nitrogen and oxygen atoms in total. The van der Waals surface area contributed by atoms with Gasteiger partial charge in [-0.15, -0.1) is 11.3 Å². The summed E-state index contributed by atoms with van der Waals surface area (Å²) in [6.07, 6.45) is 0.469. The normalized spacial score (nSPS) is 11.7. The molecule has 0 fully saturated rings. The average molecular weight is 341 g/mol. The number of hydrogen-bond donors (Lipinski definition) is 2. The second kappa shape index (κ2) is 7.77. The number of aromatic nitrogens is 1. The third-order valence-corrected chi connectivity index (χ3v) is 3.95. The molecule has 0 radical (unpaired) electrons. The Morgan fingerprint density at radius 1 is 1.36 bits per heavy atom. The molecule has 0 bridgehead atoms. The van der Waals surface area contributed by atoms with Crippen molar-refractivity contribution in [1.29, 1.82) is 0 Å². The molecule has 1 aromatic carbocycles. The van der Waals surface area contributed by atoms with E-state index in [1.165, 1.54) is 6.20 Å². The van der Waals surface area contributed by atoms with Gasteiger partial charge in [-0.1, -0.05) is 41.9 Å². The first-order valence-corrected chi connectivity index (χ1v) is 7.54. The zero-order valence-corrected chi connectivity index (χ0v) is 12.9. The van der Waals surface area contributed by atoms with E-state index < -0.39 is 18.1 Å². The minimum Gasteiger partial charge on any atom is -0.481 e. The van der Waals surface area contributed by atoms with Crippen molar-refractivity contribution in [3.63, 3.8) is 0 Å². The molecule has 0 saturated carbocycles. The second-order valence-electron chi connectivity index (χ2n) is 4.37. The molecule has 2 aromatic rings. The summed E-state index contributed by atoms with van der Waals surface area (Å²) in [4.78, 5) is 27.1. The van der Waals surface area contributed by atoms with Gasteiger partial charge in [-0.25, -0.2) is 9.78 Å². The van der Waals surface area contributed by atoms with E-state index in [9.17, 15) is 9.59 Å². The Kier molecular flexibility index (Phi) is 5.74. The molecular formula is C14H13ClN2O4S. The fourth-order valence-electron chi connectivity index (χ4n) is 1.73. The molecule has 2 rings (SSSR count). The quantitative estimate of drug-likeness (QED) is 0.842. The second-order valence-corrected chi connectivity index (χ2v) is 6.02. The number of halogens is 1. The summed E-state index contributed by atoms with van der Waals surface area (Å²) in [6, 6.07) is 8.45. The van der Waals surface area contributed by atoms with Crippen molar-refractivity contribution in [1.82, 2.24) is 10.3 Å². The van der Waals surface area contributed by atoms with Crippen LogP contribution in [0.3, 0.4) is 0 Å². The Balaban J connectivity index is 1.94. The largest absolute Gasteiger partial charge is 0.481 e. The molecule has 0 aliphatic carbocycles. The number of nitrogens with zero attached hydrogens (tertiary/aromatic N) is 1. The summed E-state index contributed by atoms with van der Waals surface area (Å²) in [7, 11) is 0. The number of carboxylic acids is 1. The monoisotopic (exact) mass is 340 g/mol. The van der Waals surface area contributed by atoms with Crippen molar-refractivity contribution in [2.24, 2.45) is 0 Å². The van der Waals surface area contributed by atoms with Gasteiger partial charge in [0.2, 0.25) is 0 Å². The number of benzene rings is 1. The Morgan fingerprint density at radius 2 is 2.09 bits per heavy atom. The lowest BCUT2D eigenvalue weighted by atomic mass is 10.2.